The van der Waals surface area contributed by atoms with Crippen molar-refractivity contribution in [3.63, 3.8) is 0 Å². The highest BCUT2D eigenvalue weighted by Crippen LogP contribution is 2.42. The maximum Gasteiger partial charge on any atom is 0.391 e. The van der Waals surface area contributed by atoms with Crippen molar-refractivity contribution in [2.75, 3.05) is 11.1 Å². The van der Waals surface area contributed by atoms with E-state index in [4.69, 9.17) is 0 Å². The molecule has 2 atom stereocenters. The van der Waals surface area contributed by atoms with E-state index in [0.29, 0.717) is 15.2 Å². The summed E-state index contributed by atoms with van der Waals surface area (Å²) in [7, 11) is 0. The Bertz CT molecular complexity index is 518. The Morgan fingerprint density at radius 3 is 2.86 bits per heavy atom. The van der Waals surface area contributed by atoms with Crippen LogP contribution in [0.2, 0.25) is 0 Å². The number of halogens is 3. The summed E-state index contributed by atoms with van der Waals surface area (Å²) >= 11 is 2.64. The normalized spacial score (nSPS) is 22.2. The van der Waals surface area contributed by atoms with E-state index in [0.717, 1.165) is 0 Å². The lowest BCUT2D eigenvalue weighted by molar-refractivity contribution is -0.173. The molecule has 0 bridgehead atoms. The lowest BCUT2D eigenvalue weighted by Crippen LogP contribution is -2.24. The number of anilines is 1. The maximum atomic E-state index is 12.6. The molecule has 0 radical (unpaired) electrons. The van der Waals surface area contributed by atoms with E-state index >= 15 is 0 Å². The summed E-state index contributed by atoms with van der Waals surface area (Å²) < 4.78 is 38.4. The van der Waals surface area contributed by atoms with E-state index in [1.54, 1.807) is 6.08 Å². The first-order chi connectivity index (χ1) is 9.90. The Morgan fingerprint density at radius 2 is 2.24 bits per heavy atom. The first kappa shape index (κ1) is 16.3. The van der Waals surface area contributed by atoms with Crippen LogP contribution in [0.4, 0.5) is 18.3 Å². The number of nitrogens with one attached hydrogen (secondary N) is 1. The van der Waals surface area contributed by atoms with Gasteiger partial charge < -0.3 is 5.32 Å². The molecular weight excluding hydrogens is 323 g/mol. The van der Waals surface area contributed by atoms with Gasteiger partial charge >= 0.3 is 6.18 Å². The molecule has 9 heteroatoms. The summed E-state index contributed by atoms with van der Waals surface area (Å²) in [4.78, 5) is 11.9. The van der Waals surface area contributed by atoms with Gasteiger partial charge in [0.05, 0.1) is 5.92 Å². The predicted octanol–water partition coefficient (Wildman–Crippen LogP) is 3.73. The zero-order valence-corrected chi connectivity index (χ0v) is 12.7. The smallest absolute Gasteiger partial charge is 0.300 e. The summed E-state index contributed by atoms with van der Waals surface area (Å²) in [6.45, 7) is 3.58. The molecule has 21 heavy (non-hydrogen) atoms. The Labute approximate surface area is 128 Å². The number of carbonyl (C=O) groups is 1. The van der Waals surface area contributed by atoms with Crippen molar-refractivity contribution in [2.45, 2.75) is 29.8 Å². The second-order valence-corrected chi connectivity index (χ2v) is 6.96. The Hall–Kier alpha value is -1.09. The fraction of sp³-hybridized carbons (Fsp3) is 0.583. The molecule has 1 saturated carbocycles. The number of rotatable bonds is 5. The molecule has 4 nitrogen and oxygen atoms in total. The number of aromatic nitrogens is 2. The van der Waals surface area contributed by atoms with E-state index in [-0.39, 0.29) is 19.3 Å². The van der Waals surface area contributed by atoms with Crippen molar-refractivity contribution in [1.29, 1.82) is 0 Å². The minimum absolute atomic E-state index is 0.0120. The van der Waals surface area contributed by atoms with Crippen LogP contribution >= 0.6 is 23.1 Å². The molecule has 1 amide bonds. The van der Waals surface area contributed by atoms with Gasteiger partial charge in [-0.3, -0.25) is 4.79 Å². The van der Waals surface area contributed by atoms with Gasteiger partial charge in [-0.2, -0.15) is 13.2 Å². The highest BCUT2D eigenvalue weighted by molar-refractivity contribution is 8.01. The number of hydrogen-bond donors (Lipinski definition) is 1. The molecule has 1 heterocycles. The fourth-order valence-electron chi connectivity index (χ4n) is 2.17. The summed E-state index contributed by atoms with van der Waals surface area (Å²) in [6.07, 6.45) is -2.37. The van der Waals surface area contributed by atoms with Crippen LogP contribution in [0.15, 0.2) is 17.0 Å². The Morgan fingerprint density at radius 1 is 1.48 bits per heavy atom. The number of nitrogens with zero attached hydrogens (tertiary/aromatic N) is 2. The fourth-order valence-corrected chi connectivity index (χ4v) is 3.69. The Kier molecular flexibility index (Phi) is 5.26. The van der Waals surface area contributed by atoms with Gasteiger partial charge in [0.1, 0.15) is 0 Å². The first-order valence-corrected chi connectivity index (χ1v) is 8.15. The zero-order valence-electron chi connectivity index (χ0n) is 11.0. The van der Waals surface area contributed by atoms with Gasteiger partial charge in [0.2, 0.25) is 11.0 Å². The van der Waals surface area contributed by atoms with Crippen molar-refractivity contribution < 1.29 is 18.0 Å². The third-order valence-electron chi connectivity index (χ3n) is 3.23. The molecule has 2 unspecified atom stereocenters. The summed E-state index contributed by atoms with van der Waals surface area (Å²) in [5.74, 6) is -1.71. The summed E-state index contributed by atoms with van der Waals surface area (Å²) in [5.41, 5.74) is 0. The molecule has 1 aliphatic carbocycles. The van der Waals surface area contributed by atoms with Crippen molar-refractivity contribution in [3.05, 3.63) is 12.7 Å². The van der Waals surface area contributed by atoms with Gasteiger partial charge in [-0.15, -0.1) is 16.8 Å². The van der Waals surface area contributed by atoms with Gasteiger partial charge in [0.25, 0.3) is 0 Å². The van der Waals surface area contributed by atoms with Crippen LogP contribution in [-0.2, 0) is 4.79 Å². The van der Waals surface area contributed by atoms with Gasteiger partial charge in [-0.05, 0) is 19.3 Å². The van der Waals surface area contributed by atoms with Gasteiger partial charge in [0.15, 0.2) is 4.34 Å². The molecule has 1 aliphatic rings. The molecule has 2 rings (SSSR count). The van der Waals surface area contributed by atoms with Crippen LogP contribution in [0, 0.1) is 11.8 Å². The third-order valence-corrected chi connectivity index (χ3v) is 5.20. The van der Waals surface area contributed by atoms with Crippen molar-refractivity contribution in [3.8, 4) is 0 Å². The second-order valence-electron chi connectivity index (χ2n) is 4.71. The van der Waals surface area contributed by atoms with Crippen LogP contribution in [0.5, 0.6) is 0 Å². The summed E-state index contributed by atoms with van der Waals surface area (Å²) in [5, 5.41) is 10.6. The van der Waals surface area contributed by atoms with Crippen molar-refractivity contribution >= 4 is 34.1 Å². The molecule has 0 saturated heterocycles. The predicted molar refractivity (Wildman–Crippen MR) is 76.3 cm³/mol. The van der Waals surface area contributed by atoms with Gasteiger partial charge in [-0.25, -0.2) is 0 Å². The van der Waals surface area contributed by atoms with Crippen LogP contribution in [0.25, 0.3) is 0 Å². The van der Waals surface area contributed by atoms with E-state index in [1.165, 1.54) is 23.1 Å². The lowest BCUT2D eigenvalue weighted by Gasteiger charge is -2.14. The molecule has 0 aromatic carbocycles. The quantitative estimate of drug-likeness (QED) is 0.505. The lowest BCUT2D eigenvalue weighted by atomic mass is 10.0. The highest BCUT2D eigenvalue weighted by Gasteiger charge is 2.45. The molecule has 116 valence electrons. The van der Waals surface area contributed by atoms with E-state index in [1.807, 2.05) is 0 Å². The number of carbonyl (C=O) groups excluding carboxylic acids is 1. The van der Waals surface area contributed by atoms with E-state index in [2.05, 4.69) is 22.1 Å². The molecule has 1 aromatic rings. The number of alkyl halides is 3. The average Bonchev–Trinajstić information content (AvgIpc) is 3.04. The van der Waals surface area contributed by atoms with Crippen molar-refractivity contribution in [1.82, 2.24) is 10.2 Å². The minimum Gasteiger partial charge on any atom is -0.300 e. The van der Waals surface area contributed by atoms with Crippen LogP contribution in [0.1, 0.15) is 19.3 Å². The SMILES string of the molecule is C=CCSc1nnc(NC(=O)C2CCC(C(F)(F)F)C2)s1. The zero-order chi connectivity index (χ0) is 15.5. The van der Waals surface area contributed by atoms with Crippen LogP contribution in [-0.4, -0.2) is 28.0 Å². The second kappa shape index (κ2) is 6.78. The number of amides is 1. The third kappa shape index (κ3) is 4.44. The number of hydrogen-bond acceptors (Lipinski definition) is 5. The Balaban J connectivity index is 1.87. The van der Waals surface area contributed by atoms with Gasteiger partial charge in [0, 0.05) is 11.7 Å². The standard InChI is InChI=1S/C12H14F3N3OS2/c1-2-5-20-11-18-17-10(21-11)16-9(19)7-3-4-8(6-7)12(13,14)15/h2,7-8H,1,3-6H2,(H,16,17,19). The topological polar surface area (TPSA) is 54.9 Å². The molecule has 1 N–H and O–H groups in total. The maximum absolute atomic E-state index is 12.6. The van der Waals surface area contributed by atoms with E-state index in [9.17, 15) is 18.0 Å². The van der Waals surface area contributed by atoms with Crippen molar-refractivity contribution in [2.24, 2.45) is 11.8 Å². The summed E-state index contributed by atoms with van der Waals surface area (Å²) in [6, 6.07) is 0. The average molecular weight is 337 g/mol. The van der Waals surface area contributed by atoms with Crippen LogP contribution < -0.4 is 5.32 Å². The molecular formula is C12H14F3N3OS2. The molecule has 1 fully saturated rings. The highest BCUT2D eigenvalue weighted by atomic mass is 32.2. The molecule has 0 aliphatic heterocycles. The molecule has 0 spiro atoms. The largest absolute Gasteiger partial charge is 0.391 e. The first-order valence-electron chi connectivity index (χ1n) is 6.35. The van der Waals surface area contributed by atoms with Crippen LogP contribution in [0.3, 0.4) is 0 Å². The number of thioether (sulfide) groups is 1. The van der Waals surface area contributed by atoms with Gasteiger partial charge in [-0.1, -0.05) is 29.2 Å². The van der Waals surface area contributed by atoms with E-state index < -0.39 is 23.9 Å². The molecule has 1 aromatic heterocycles. The minimum atomic E-state index is -4.22. The monoisotopic (exact) mass is 337 g/mol.